The van der Waals surface area contributed by atoms with E-state index in [4.69, 9.17) is 0 Å². The van der Waals surface area contributed by atoms with Crippen molar-refractivity contribution in [2.75, 3.05) is 12.4 Å². The zero-order chi connectivity index (χ0) is 13.2. The Hall–Kier alpha value is -1.35. The third kappa shape index (κ3) is 2.66. The van der Waals surface area contributed by atoms with Gasteiger partial charge in [-0.05, 0) is 37.1 Å². The number of benzene rings is 1. The zero-order valence-electron chi connectivity index (χ0n) is 11.6. The highest BCUT2D eigenvalue weighted by molar-refractivity contribution is 5.93. The predicted molar refractivity (Wildman–Crippen MR) is 76.8 cm³/mol. The number of nitrogens with one attached hydrogen (secondary N) is 1. The molecule has 2 aliphatic rings. The molecule has 0 radical (unpaired) electrons. The SMILES string of the molecule is CN1Cc2cccc(NC(=O)C3CCCCC3)c2C1. The van der Waals surface area contributed by atoms with Crippen LogP contribution in [-0.4, -0.2) is 17.9 Å². The van der Waals surface area contributed by atoms with Gasteiger partial charge in [0.05, 0.1) is 0 Å². The van der Waals surface area contributed by atoms with Crippen molar-refractivity contribution in [1.29, 1.82) is 0 Å². The lowest BCUT2D eigenvalue weighted by Crippen LogP contribution is -2.25. The van der Waals surface area contributed by atoms with E-state index in [1.807, 2.05) is 6.07 Å². The van der Waals surface area contributed by atoms with Gasteiger partial charge >= 0.3 is 0 Å². The molecule has 1 N–H and O–H groups in total. The van der Waals surface area contributed by atoms with Crippen LogP contribution in [0.4, 0.5) is 5.69 Å². The molecular weight excluding hydrogens is 236 g/mol. The maximum atomic E-state index is 12.3. The van der Waals surface area contributed by atoms with E-state index < -0.39 is 0 Å². The van der Waals surface area contributed by atoms with Crippen LogP contribution < -0.4 is 5.32 Å². The number of amides is 1. The molecule has 1 aliphatic carbocycles. The standard InChI is InChI=1S/C16H22N2O/c1-18-10-13-8-5-9-15(14(13)11-18)17-16(19)12-6-3-2-4-7-12/h5,8-9,12H,2-4,6-7,10-11H2,1H3,(H,17,19). The molecule has 0 spiro atoms. The molecule has 1 amide bonds. The summed E-state index contributed by atoms with van der Waals surface area (Å²) in [5.41, 5.74) is 3.68. The number of fused-ring (bicyclic) bond motifs is 1. The summed E-state index contributed by atoms with van der Waals surface area (Å²) in [5.74, 6) is 0.450. The van der Waals surface area contributed by atoms with Crippen molar-refractivity contribution in [3.63, 3.8) is 0 Å². The lowest BCUT2D eigenvalue weighted by Gasteiger charge is -2.21. The van der Waals surface area contributed by atoms with E-state index >= 15 is 0 Å². The Morgan fingerprint density at radius 3 is 2.79 bits per heavy atom. The summed E-state index contributed by atoms with van der Waals surface area (Å²) in [6, 6.07) is 6.25. The van der Waals surface area contributed by atoms with E-state index in [1.54, 1.807) is 0 Å². The average molecular weight is 258 g/mol. The highest BCUT2D eigenvalue weighted by Gasteiger charge is 2.24. The molecule has 102 valence electrons. The molecule has 1 heterocycles. The van der Waals surface area contributed by atoms with E-state index in [-0.39, 0.29) is 11.8 Å². The Morgan fingerprint density at radius 1 is 1.21 bits per heavy atom. The summed E-state index contributed by atoms with van der Waals surface area (Å²) in [7, 11) is 2.12. The Morgan fingerprint density at radius 2 is 2.00 bits per heavy atom. The van der Waals surface area contributed by atoms with Crippen molar-refractivity contribution >= 4 is 11.6 Å². The minimum atomic E-state index is 0.225. The Bertz CT molecular complexity index is 478. The fourth-order valence-corrected chi connectivity index (χ4v) is 3.30. The molecule has 3 nitrogen and oxygen atoms in total. The Balaban J connectivity index is 1.73. The summed E-state index contributed by atoms with van der Waals surface area (Å²) in [5, 5.41) is 3.17. The number of carbonyl (C=O) groups excluding carboxylic acids is 1. The van der Waals surface area contributed by atoms with Crippen LogP contribution in [0.3, 0.4) is 0 Å². The number of carbonyl (C=O) groups is 1. The van der Waals surface area contributed by atoms with Crippen molar-refractivity contribution in [3.05, 3.63) is 29.3 Å². The van der Waals surface area contributed by atoms with E-state index in [2.05, 4.69) is 29.4 Å². The van der Waals surface area contributed by atoms with Crippen molar-refractivity contribution in [1.82, 2.24) is 4.90 Å². The number of hydrogen-bond donors (Lipinski definition) is 1. The maximum Gasteiger partial charge on any atom is 0.227 e. The topological polar surface area (TPSA) is 32.3 Å². The van der Waals surface area contributed by atoms with Gasteiger partial charge in [-0.2, -0.15) is 0 Å². The molecule has 1 fully saturated rings. The first-order valence-corrected chi connectivity index (χ1v) is 7.34. The summed E-state index contributed by atoms with van der Waals surface area (Å²) < 4.78 is 0. The van der Waals surface area contributed by atoms with Gasteiger partial charge in [-0.25, -0.2) is 0 Å². The quantitative estimate of drug-likeness (QED) is 0.883. The molecule has 0 bridgehead atoms. The maximum absolute atomic E-state index is 12.3. The van der Waals surface area contributed by atoms with Gasteiger partial charge < -0.3 is 5.32 Å². The van der Waals surface area contributed by atoms with Gasteiger partial charge in [-0.3, -0.25) is 9.69 Å². The van der Waals surface area contributed by atoms with E-state index in [1.165, 1.54) is 30.4 Å². The highest BCUT2D eigenvalue weighted by Crippen LogP contribution is 2.30. The van der Waals surface area contributed by atoms with Crippen LogP contribution in [0.2, 0.25) is 0 Å². The van der Waals surface area contributed by atoms with Gasteiger partial charge in [0.25, 0.3) is 0 Å². The van der Waals surface area contributed by atoms with Crippen molar-refractivity contribution in [2.45, 2.75) is 45.2 Å². The Kier molecular flexibility index (Phi) is 3.56. The minimum absolute atomic E-state index is 0.225. The van der Waals surface area contributed by atoms with Crippen LogP contribution in [-0.2, 0) is 17.9 Å². The molecule has 1 saturated carbocycles. The van der Waals surface area contributed by atoms with Crippen LogP contribution in [0.1, 0.15) is 43.2 Å². The second-order valence-electron chi connectivity index (χ2n) is 5.94. The van der Waals surface area contributed by atoms with Crippen molar-refractivity contribution in [3.8, 4) is 0 Å². The zero-order valence-corrected chi connectivity index (χ0v) is 11.6. The molecule has 0 unspecified atom stereocenters. The molecular formula is C16H22N2O. The summed E-state index contributed by atoms with van der Waals surface area (Å²) in [6.07, 6.45) is 5.80. The smallest absolute Gasteiger partial charge is 0.227 e. The van der Waals surface area contributed by atoms with E-state index in [0.29, 0.717) is 0 Å². The van der Waals surface area contributed by atoms with Crippen LogP contribution in [0.25, 0.3) is 0 Å². The molecule has 0 atom stereocenters. The van der Waals surface area contributed by atoms with Crippen LogP contribution in [0.15, 0.2) is 18.2 Å². The second kappa shape index (κ2) is 5.33. The fourth-order valence-electron chi connectivity index (χ4n) is 3.30. The molecule has 3 rings (SSSR count). The lowest BCUT2D eigenvalue weighted by molar-refractivity contribution is -0.120. The normalized spacial score (nSPS) is 20.3. The highest BCUT2D eigenvalue weighted by atomic mass is 16.1. The van der Waals surface area contributed by atoms with Crippen LogP contribution in [0, 0.1) is 5.92 Å². The van der Waals surface area contributed by atoms with E-state index in [9.17, 15) is 4.79 Å². The van der Waals surface area contributed by atoms with Gasteiger partial charge in [0.15, 0.2) is 0 Å². The lowest BCUT2D eigenvalue weighted by atomic mass is 9.88. The van der Waals surface area contributed by atoms with Crippen molar-refractivity contribution in [2.24, 2.45) is 5.92 Å². The monoisotopic (exact) mass is 258 g/mol. The first kappa shape index (κ1) is 12.7. The van der Waals surface area contributed by atoms with E-state index in [0.717, 1.165) is 31.6 Å². The van der Waals surface area contributed by atoms with Crippen LogP contribution >= 0.6 is 0 Å². The van der Waals surface area contributed by atoms with Gasteiger partial charge in [-0.1, -0.05) is 31.4 Å². The largest absolute Gasteiger partial charge is 0.326 e. The first-order valence-electron chi connectivity index (χ1n) is 7.34. The predicted octanol–water partition coefficient (Wildman–Crippen LogP) is 3.15. The number of nitrogens with zero attached hydrogens (tertiary/aromatic N) is 1. The first-order chi connectivity index (χ1) is 9.24. The Labute approximate surface area is 115 Å². The summed E-state index contributed by atoms with van der Waals surface area (Å²) in [4.78, 5) is 14.6. The number of anilines is 1. The molecule has 19 heavy (non-hydrogen) atoms. The van der Waals surface area contributed by atoms with Crippen LogP contribution in [0.5, 0.6) is 0 Å². The average Bonchev–Trinajstić information content (AvgIpc) is 2.81. The second-order valence-corrected chi connectivity index (χ2v) is 5.94. The molecule has 0 saturated heterocycles. The third-order valence-electron chi connectivity index (χ3n) is 4.38. The minimum Gasteiger partial charge on any atom is -0.326 e. The molecule has 0 aromatic heterocycles. The third-order valence-corrected chi connectivity index (χ3v) is 4.38. The number of hydrogen-bond acceptors (Lipinski definition) is 2. The molecule has 1 aromatic carbocycles. The molecule has 1 aliphatic heterocycles. The van der Waals surface area contributed by atoms with Gasteiger partial charge in [0, 0.05) is 24.7 Å². The molecule has 1 aromatic rings. The summed E-state index contributed by atoms with van der Waals surface area (Å²) in [6.45, 7) is 1.93. The molecule has 3 heteroatoms. The fraction of sp³-hybridized carbons (Fsp3) is 0.562. The van der Waals surface area contributed by atoms with Crippen molar-refractivity contribution < 1.29 is 4.79 Å². The summed E-state index contributed by atoms with van der Waals surface area (Å²) >= 11 is 0. The van der Waals surface area contributed by atoms with Gasteiger partial charge in [-0.15, -0.1) is 0 Å². The van der Waals surface area contributed by atoms with Gasteiger partial charge in [0.1, 0.15) is 0 Å². The van der Waals surface area contributed by atoms with Gasteiger partial charge in [0.2, 0.25) is 5.91 Å². The number of rotatable bonds is 2.